The van der Waals surface area contributed by atoms with Crippen LogP contribution < -0.4 is 16.4 Å². The zero-order valence-electron chi connectivity index (χ0n) is 17.9. The van der Waals surface area contributed by atoms with E-state index in [1.54, 1.807) is 13.8 Å². The highest BCUT2D eigenvalue weighted by Gasteiger charge is 2.57. The zero-order valence-corrected chi connectivity index (χ0v) is 19.5. The van der Waals surface area contributed by atoms with Crippen molar-refractivity contribution in [3.63, 3.8) is 0 Å². The SMILES string of the molecule is CC(C)C[C@H](N[C@@](C#CCO)(c1ccc(Br)cc1)C(F)(F)F)C(=O)N[C@@H](CC(N)=O)C(=O)O. The van der Waals surface area contributed by atoms with E-state index in [4.69, 9.17) is 10.8 Å². The minimum atomic E-state index is -5.04. The lowest BCUT2D eigenvalue weighted by molar-refractivity contribution is -0.185. The molecule has 0 aliphatic carbocycles. The van der Waals surface area contributed by atoms with E-state index in [-0.39, 0.29) is 17.9 Å². The first-order valence-electron chi connectivity index (χ1n) is 9.76. The maximum atomic E-state index is 14.5. The summed E-state index contributed by atoms with van der Waals surface area (Å²) in [4.78, 5) is 35.4. The maximum Gasteiger partial charge on any atom is 0.422 e. The fraction of sp³-hybridized carbons (Fsp3) is 0.476. The van der Waals surface area contributed by atoms with Crippen LogP contribution in [-0.2, 0) is 19.9 Å². The second-order valence-electron chi connectivity index (χ2n) is 7.61. The summed E-state index contributed by atoms with van der Waals surface area (Å²) in [5.41, 5.74) is 1.60. The molecule has 0 aromatic heterocycles. The summed E-state index contributed by atoms with van der Waals surface area (Å²) in [6.45, 7) is 2.46. The van der Waals surface area contributed by atoms with Crippen molar-refractivity contribution < 1.29 is 37.8 Å². The molecule has 0 saturated carbocycles. The molecule has 0 bridgehead atoms. The number of carbonyl (C=O) groups is 3. The highest BCUT2D eigenvalue weighted by Crippen LogP contribution is 2.40. The lowest BCUT2D eigenvalue weighted by Crippen LogP contribution is -2.61. The predicted molar refractivity (Wildman–Crippen MR) is 116 cm³/mol. The summed E-state index contributed by atoms with van der Waals surface area (Å²) in [5.74, 6) is 0.0826. The molecule has 3 atom stereocenters. The number of primary amides is 1. The molecule has 6 N–H and O–H groups in total. The zero-order chi connectivity index (χ0) is 25.4. The molecule has 0 unspecified atom stereocenters. The molecule has 12 heteroatoms. The number of aliphatic hydroxyl groups is 1. The Kier molecular flexibility index (Phi) is 10.3. The maximum absolute atomic E-state index is 14.5. The number of aliphatic hydroxyl groups excluding tert-OH is 1. The van der Waals surface area contributed by atoms with Crippen molar-refractivity contribution >= 4 is 33.7 Å². The van der Waals surface area contributed by atoms with Crippen molar-refractivity contribution in [3.05, 3.63) is 34.3 Å². The van der Waals surface area contributed by atoms with Gasteiger partial charge in [-0.2, -0.15) is 13.2 Å². The second-order valence-corrected chi connectivity index (χ2v) is 8.53. The topological polar surface area (TPSA) is 142 Å². The number of carboxylic acids is 1. The molecular formula is C21H25BrF3N3O5. The average molecular weight is 536 g/mol. The Bertz CT molecular complexity index is 912. The smallest absolute Gasteiger partial charge is 0.422 e. The lowest BCUT2D eigenvalue weighted by atomic mass is 9.87. The number of benzene rings is 1. The molecule has 2 amide bonds. The van der Waals surface area contributed by atoms with Crippen molar-refractivity contribution in [1.82, 2.24) is 10.6 Å². The van der Waals surface area contributed by atoms with Gasteiger partial charge in [-0.25, -0.2) is 4.79 Å². The Morgan fingerprint density at radius 1 is 1.15 bits per heavy atom. The van der Waals surface area contributed by atoms with E-state index < -0.39 is 54.6 Å². The van der Waals surface area contributed by atoms with Gasteiger partial charge < -0.3 is 21.3 Å². The van der Waals surface area contributed by atoms with Crippen LogP contribution in [0.25, 0.3) is 0 Å². The molecule has 182 valence electrons. The Balaban J connectivity index is 3.53. The Labute approximate surface area is 197 Å². The minimum absolute atomic E-state index is 0.121. The fourth-order valence-electron chi connectivity index (χ4n) is 3.02. The molecule has 0 spiro atoms. The van der Waals surface area contributed by atoms with Crippen LogP contribution in [0.5, 0.6) is 0 Å². The van der Waals surface area contributed by atoms with E-state index in [0.29, 0.717) is 4.47 Å². The molecule has 0 heterocycles. The lowest BCUT2D eigenvalue weighted by Gasteiger charge is -2.36. The number of carboxylic acid groups (broad SMARTS) is 1. The van der Waals surface area contributed by atoms with Gasteiger partial charge in [0, 0.05) is 4.47 Å². The number of alkyl halides is 3. The number of aliphatic carboxylic acids is 1. The van der Waals surface area contributed by atoms with Gasteiger partial charge in [0.2, 0.25) is 17.4 Å². The van der Waals surface area contributed by atoms with Gasteiger partial charge in [0.05, 0.1) is 12.5 Å². The highest BCUT2D eigenvalue weighted by atomic mass is 79.9. The van der Waals surface area contributed by atoms with Gasteiger partial charge in [0.15, 0.2) is 0 Å². The summed E-state index contributed by atoms with van der Waals surface area (Å²) in [5, 5.41) is 22.6. The van der Waals surface area contributed by atoms with Gasteiger partial charge >= 0.3 is 12.1 Å². The largest absolute Gasteiger partial charge is 0.480 e. The van der Waals surface area contributed by atoms with Crippen LogP contribution in [0.15, 0.2) is 28.7 Å². The normalized spacial score (nSPS) is 15.0. The summed E-state index contributed by atoms with van der Waals surface area (Å²) in [7, 11) is 0. The molecule has 0 saturated heterocycles. The second kappa shape index (κ2) is 12.0. The molecule has 0 aliphatic heterocycles. The monoisotopic (exact) mass is 535 g/mol. The molecule has 0 radical (unpaired) electrons. The van der Waals surface area contributed by atoms with Crippen LogP contribution >= 0.6 is 15.9 Å². The van der Waals surface area contributed by atoms with Gasteiger partial charge in [-0.05, 0) is 30.0 Å². The van der Waals surface area contributed by atoms with Gasteiger partial charge in [-0.3, -0.25) is 14.9 Å². The molecule has 1 aromatic carbocycles. The van der Waals surface area contributed by atoms with E-state index in [2.05, 4.69) is 26.6 Å². The summed E-state index contributed by atoms with van der Waals surface area (Å²) in [6.07, 6.45) is -5.90. The van der Waals surface area contributed by atoms with Crippen molar-refractivity contribution in [1.29, 1.82) is 0 Å². The van der Waals surface area contributed by atoms with E-state index >= 15 is 0 Å². The molecule has 8 nitrogen and oxygen atoms in total. The quantitative estimate of drug-likeness (QED) is 0.288. The van der Waals surface area contributed by atoms with Crippen LogP contribution in [0.1, 0.15) is 32.3 Å². The van der Waals surface area contributed by atoms with Crippen molar-refractivity contribution in [2.45, 2.75) is 50.5 Å². The highest BCUT2D eigenvalue weighted by molar-refractivity contribution is 9.10. The number of halogens is 4. The van der Waals surface area contributed by atoms with Gasteiger partial charge in [0.1, 0.15) is 12.6 Å². The third kappa shape index (κ3) is 8.03. The number of nitrogens with two attached hydrogens (primary N) is 1. The van der Waals surface area contributed by atoms with Gasteiger partial charge in [-0.15, -0.1) is 0 Å². The molecule has 1 aromatic rings. The number of hydrogen-bond acceptors (Lipinski definition) is 5. The molecular weight excluding hydrogens is 511 g/mol. The van der Waals surface area contributed by atoms with Crippen molar-refractivity contribution in [3.8, 4) is 11.8 Å². The molecule has 0 fully saturated rings. The van der Waals surface area contributed by atoms with Crippen LogP contribution in [-0.4, -0.2) is 52.9 Å². The number of rotatable bonds is 10. The molecule has 33 heavy (non-hydrogen) atoms. The van der Waals surface area contributed by atoms with E-state index in [1.807, 2.05) is 11.8 Å². The van der Waals surface area contributed by atoms with Gasteiger partial charge in [0.25, 0.3) is 0 Å². The number of amides is 2. The van der Waals surface area contributed by atoms with Gasteiger partial charge in [-0.1, -0.05) is 53.8 Å². The van der Waals surface area contributed by atoms with Crippen LogP contribution in [0.3, 0.4) is 0 Å². The number of carbonyl (C=O) groups excluding carboxylic acids is 2. The van der Waals surface area contributed by atoms with E-state index in [9.17, 15) is 32.7 Å². The van der Waals surface area contributed by atoms with Crippen molar-refractivity contribution in [2.75, 3.05) is 6.61 Å². The Morgan fingerprint density at radius 3 is 2.15 bits per heavy atom. The average Bonchev–Trinajstić information content (AvgIpc) is 2.68. The first-order valence-corrected chi connectivity index (χ1v) is 10.6. The third-order valence-corrected chi connectivity index (χ3v) is 5.02. The van der Waals surface area contributed by atoms with E-state index in [0.717, 1.165) is 12.1 Å². The Morgan fingerprint density at radius 2 is 1.73 bits per heavy atom. The number of nitrogens with one attached hydrogen (secondary N) is 2. The first kappa shape index (κ1) is 28.4. The molecule has 0 aliphatic rings. The minimum Gasteiger partial charge on any atom is -0.480 e. The number of hydrogen-bond donors (Lipinski definition) is 5. The standard InChI is InChI=1S/C21H25BrF3N3O5/c1-12(2)10-15(18(31)27-16(19(32)33)11-17(26)30)28-20(8-3-9-29,21(23,24)25)13-4-6-14(22)7-5-13/h4-7,12,15-16,28-29H,9-11H2,1-2H3,(H2,26,30)(H,27,31)(H,32,33)/t15-,16-,20-/m0/s1. The predicted octanol–water partition coefficient (Wildman–Crippen LogP) is 1.65. The third-order valence-electron chi connectivity index (χ3n) is 4.49. The molecule has 1 rings (SSSR count). The van der Waals surface area contributed by atoms with Crippen LogP contribution in [0, 0.1) is 17.8 Å². The van der Waals surface area contributed by atoms with Crippen LogP contribution in [0.2, 0.25) is 0 Å². The Hall–Kier alpha value is -2.62. The summed E-state index contributed by atoms with van der Waals surface area (Å²) < 4.78 is 43.9. The van der Waals surface area contributed by atoms with Crippen LogP contribution in [0.4, 0.5) is 13.2 Å². The first-order chi connectivity index (χ1) is 15.2. The fourth-order valence-corrected chi connectivity index (χ4v) is 3.28. The summed E-state index contributed by atoms with van der Waals surface area (Å²) in [6, 6.07) is 1.77. The summed E-state index contributed by atoms with van der Waals surface area (Å²) >= 11 is 3.15. The van der Waals surface area contributed by atoms with Crippen molar-refractivity contribution in [2.24, 2.45) is 11.7 Å². The van der Waals surface area contributed by atoms with E-state index in [1.165, 1.54) is 12.1 Å².